The van der Waals surface area contributed by atoms with Crippen LogP contribution in [0.4, 0.5) is 5.13 Å². The van der Waals surface area contributed by atoms with Crippen LogP contribution >= 0.6 is 11.3 Å². The zero-order valence-corrected chi connectivity index (χ0v) is 19.6. The molecule has 6 heteroatoms. The Labute approximate surface area is 188 Å². The molecule has 2 aromatic carbocycles. The van der Waals surface area contributed by atoms with E-state index in [0.717, 1.165) is 27.6 Å². The summed E-state index contributed by atoms with van der Waals surface area (Å²) in [6.45, 7) is 9.06. The highest BCUT2D eigenvalue weighted by atomic mass is 32.1. The third-order valence-corrected chi connectivity index (χ3v) is 5.83. The molecule has 5 nitrogen and oxygen atoms in total. The minimum absolute atomic E-state index is 0.0540. The highest BCUT2D eigenvalue weighted by Crippen LogP contribution is 2.31. The summed E-state index contributed by atoms with van der Waals surface area (Å²) < 4.78 is 11.0. The van der Waals surface area contributed by atoms with Gasteiger partial charge >= 0.3 is 0 Å². The topological polar surface area (TPSA) is 60.5 Å². The van der Waals surface area contributed by atoms with Crippen molar-refractivity contribution in [2.24, 2.45) is 0 Å². The highest BCUT2D eigenvalue weighted by Gasteiger charge is 2.14. The quantitative estimate of drug-likeness (QED) is 0.424. The van der Waals surface area contributed by atoms with E-state index in [0.29, 0.717) is 24.6 Å². The Kier molecular flexibility index (Phi) is 7.33. The largest absolute Gasteiger partial charge is 0.497 e. The van der Waals surface area contributed by atoms with E-state index in [1.54, 1.807) is 7.11 Å². The number of rotatable bonds is 8. The molecule has 1 heterocycles. The van der Waals surface area contributed by atoms with Gasteiger partial charge in [-0.25, -0.2) is 4.98 Å². The molecule has 0 saturated heterocycles. The maximum Gasteiger partial charge on any atom is 0.226 e. The van der Waals surface area contributed by atoms with E-state index >= 15 is 0 Å². The number of nitrogens with one attached hydrogen (secondary N) is 1. The van der Waals surface area contributed by atoms with E-state index in [2.05, 4.69) is 43.2 Å². The van der Waals surface area contributed by atoms with Gasteiger partial charge in [-0.15, -0.1) is 11.3 Å². The summed E-state index contributed by atoms with van der Waals surface area (Å²) >= 11 is 1.48. The number of aromatic nitrogens is 1. The van der Waals surface area contributed by atoms with Crippen LogP contribution in [0.3, 0.4) is 0 Å². The summed E-state index contributed by atoms with van der Waals surface area (Å²) in [7, 11) is 1.64. The van der Waals surface area contributed by atoms with Gasteiger partial charge in [-0.2, -0.15) is 0 Å². The fourth-order valence-corrected chi connectivity index (χ4v) is 3.97. The first kappa shape index (κ1) is 22.8. The lowest BCUT2D eigenvalue weighted by Crippen LogP contribution is -2.13. The minimum Gasteiger partial charge on any atom is -0.497 e. The van der Waals surface area contributed by atoms with E-state index in [-0.39, 0.29) is 11.3 Å². The first-order chi connectivity index (χ1) is 14.8. The summed E-state index contributed by atoms with van der Waals surface area (Å²) in [4.78, 5) is 18.0. The van der Waals surface area contributed by atoms with Gasteiger partial charge in [0.15, 0.2) is 5.13 Å². The second-order valence-electron chi connectivity index (χ2n) is 8.43. The van der Waals surface area contributed by atoms with Crippen LogP contribution in [0, 0.1) is 6.92 Å². The number of thiazole rings is 1. The number of amides is 1. The second-order valence-corrected chi connectivity index (χ2v) is 9.63. The molecule has 0 atom stereocenters. The van der Waals surface area contributed by atoms with Crippen molar-refractivity contribution >= 4 is 22.4 Å². The first-order valence-electron chi connectivity index (χ1n) is 10.4. The molecule has 31 heavy (non-hydrogen) atoms. The number of aryl methyl sites for hydroxylation is 1. The third-order valence-electron chi connectivity index (χ3n) is 4.94. The van der Waals surface area contributed by atoms with Crippen molar-refractivity contribution in [2.75, 3.05) is 19.0 Å². The van der Waals surface area contributed by atoms with Gasteiger partial charge < -0.3 is 14.8 Å². The third kappa shape index (κ3) is 6.31. The Morgan fingerprint density at radius 2 is 1.68 bits per heavy atom. The van der Waals surface area contributed by atoms with Gasteiger partial charge in [0.05, 0.1) is 19.4 Å². The standard InChI is InChI=1S/C25H30N2O3S/c1-17-23(18-8-12-20(29-5)13-9-18)27-24(31-17)26-22(28)7-6-16-30-21-14-10-19(11-15-21)25(2,3)4/h8-15H,6-7,16H2,1-5H3,(H,26,27,28). The molecule has 1 amide bonds. The highest BCUT2D eigenvalue weighted by molar-refractivity contribution is 7.16. The lowest BCUT2D eigenvalue weighted by Gasteiger charge is -2.19. The zero-order valence-electron chi connectivity index (χ0n) is 18.8. The SMILES string of the molecule is COc1ccc(-c2nc(NC(=O)CCCOc3ccc(C(C)(C)C)cc3)sc2C)cc1. The molecule has 1 N–H and O–H groups in total. The average Bonchev–Trinajstić information content (AvgIpc) is 3.10. The van der Waals surface area contributed by atoms with Gasteiger partial charge in [0.25, 0.3) is 0 Å². The van der Waals surface area contributed by atoms with Crippen molar-refractivity contribution in [3.63, 3.8) is 0 Å². The minimum atomic E-state index is -0.0540. The van der Waals surface area contributed by atoms with E-state index in [4.69, 9.17) is 9.47 Å². The number of benzene rings is 2. The molecule has 0 aliphatic carbocycles. The maximum absolute atomic E-state index is 12.3. The molecular weight excluding hydrogens is 408 g/mol. The van der Waals surface area contributed by atoms with Crippen LogP contribution < -0.4 is 14.8 Å². The Bertz CT molecular complexity index is 1000. The number of ether oxygens (including phenoxy) is 2. The fraction of sp³-hybridized carbons (Fsp3) is 0.360. The predicted molar refractivity (Wildman–Crippen MR) is 127 cm³/mol. The smallest absolute Gasteiger partial charge is 0.226 e. The molecule has 0 spiro atoms. The Hall–Kier alpha value is -2.86. The Morgan fingerprint density at radius 3 is 2.29 bits per heavy atom. The first-order valence-corrected chi connectivity index (χ1v) is 11.2. The van der Waals surface area contributed by atoms with Crippen molar-refractivity contribution in [3.8, 4) is 22.8 Å². The molecule has 1 aromatic heterocycles. The van der Waals surface area contributed by atoms with Crippen LogP contribution in [0.2, 0.25) is 0 Å². The molecule has 0 radical (unpaired) electrons. The predicted octanol–water partition coefficient (Wildman–Crippen LogP) is 6.22. The molecule has 3 rings (SSSR count). The fourth-order valence-electron chi connectivity index (χ4n) is 3.12. The summed E-state index contributed by atoms with van der Waals surface area (Å²) in [6.07, 6.45) is 1.03. The lowest BCUT2D eigenvalue weighted by molar-refractivity contribution is -0.116. The molecule has 0 aliphatic rings. The number of hydrogen-bond donors (Lipinski definition) is 1. The number of carbonyl (C=O) groups is 1. The monoisotopic (exact) mass is 438 g/mol. The van der Waals surface area contributed by atoms with Crippen LogP contribution in [0.25, 0.3) is 11.3 Å². The molecular formula is C25H30N2O3S. The summed E-state index contributed by atoms with van der Waals surface area (Å²) in [6, 6.07) is 15.9. The summed E-state index contributed by atoms with van der Waals surface area (Å²) in [5.41, 5.74) is 3.27. The van der Waals surface area contributed by atoms with Crippen LogP contribution in [0.5, 0.6) is 11.5 Å². The van der Waals surface area contributed by atoms with Crippen LogP contribution in [0.15, 0.2) is 48.5 Å². The van der Waals surface area contributed by atoms with Crippen molar-refractivity contribution in [3.05, 3.63) is 59.0 Å². The normalized spacial score (nSPS) is 11.3. The molecule has 0 fully saturated rings. The summed E-state index contributed by atoms with van der Waals surface area (Å²) in [5, 5.41) is 3.52. The second kappa shape index (κ2) is 9.96. The molecule has 0 aliphatic heterocycles. The van der Waals surface area contributed by atoms with Crippen molar-refractivity contribution < 1.29 is 14.3 Å². The molecule has 0 saturated carbocycles. The van der Waals surface area contributed by atoms with E-state index in [1.165, 1.54) is 16.9 Å². The molecule has 164 valence electrons. The van der Waals surface area contributed by atoms with Crippen LogP contribution in [-0.4, -0.2) is 24.6 Å². The van der Waals surface area contributed by atoms with Gasteiger partial charge in [-0.1, -0.05) is 32.9 Å². The van der Waals surface area contributed by atoms with Gasteiger partial charge in [-0.3, -0.25) is 4.79 Å². The molecule has 3 aromatic rings. The Balaban J connectivity index is 1.46. The van der Waals surface area contributed by atoms with Gasteiger partial charge in [0, 0.05) is 16.9 Å². The lowest BCUT2D eigenvalue weighted by atomic mass is 9.87. The number of carbonyl (C=O) groups excluding carboxylic acids is 1. The van der Waals surface area contributed by atoms with Crippen molar-refractivity contribution in [2.45, 2.75) is 46.0 Å². The Morgan fingerprint density at radius 1 is 1.03 bits per heavy atom. The van der Waals surface area contributed by atoms with Crippen LogP contribution in [0.1, 0.15) is 44.1 Å². The van der Waals surface area contributed by atoms with Gasteiger partial charge in [0.2, 0.25) is 5.91 Å². The maximum atomic E-state index is 12.3. The van der Waals surface area contributed by atoms with Gasteiger partial charge in [0.1, 0.15) is 11.5 Å². The average molecular weight is 439 g/mol. The number of hydrogen-bond acceptors (Lipinski definition) is 5. The van der Waals surface area contributed by atoms with E-state index < -0.39 is 0 Å². The van der Waals surface area contributed by atoms with E-state index in [9.17, 15) is 4.79 Å². The number of methoxy groups -OCH3 is 1. The van der Waals surface area contributed by atoms with Gasteiger partial charge in [-0.05, 0) is 60.7 Å². The molecule has 0 bridgehead atoms. The van der Waals surface area contributed by atoms with Crippen molar-refractivity contribution in [1.82, 2.24) is 4.98 Å². The molecule has 0 unspecified atom stereocenters. The number of nitrogens with zero attached hydrogens (tertiary/aromatic N) is 1. The van der Waals surface area contributed by atoms with Crippen molar-refractivity contribution in [1.29, 1.82) is 0 Å². The number of anilines is 1. The summed E-state index contributed by atoms with van der Waals surface area (Å²) in [5.74, 6) is 1.58. The zero-order chi connectivity index (χ0) is 22.4. The van der Waals surface area contributed by atoms with Crippen LogP contribution in [-0.2, 0) is 10.2 Å². The van der Waals surface area contributed by atoms with E-state index in [1.807, 2.05) is 43.3 Å².